The molecule has 0 fully saturated rings. The van der Waals surface area contributed by atoms with Crippen molar-refractivity contribution in [3.05, 3.63) is 34.9 Å². The van der Waals surface area contributed by atoms with Crippen LogP contribution in [0.5, 0.6) is 0 Å². The zero-order valence-electron chi connectivity index (χ0n) is 9.04. The molecule has 0 N–H and O–H groups in total. The van der Waals surface area contributed by atoms with Crippen molar-refractivity contribution in [1.29, 1.82) is 0 Å². The summed E-state index contributed by atoms with van der Waals surface area (Å²) in [4.78, 5) is 22.9. The molecule has 15 heavy (non-hydrogen) atoms. The van der Waals surface area contributed by atoms with E-state index in [9.17, 15) is 9.59 Å². The van der Waals surface area contributed by atoms with Crippen LogP contribution in [0.4, 0.5) is 0 Å². The smallest absolute Gasteiger partial charge is 0.170 e. The minimum absolute atomic E-state index is 0.0243. The second kappa shape index (κ2) is 3.61. The summed E-state index contributed by atoms with van der Waals surface area (Å²) in [6.07, 6.45) is 0.494. The lowest BCUT2D eigenvalue weighted by Gasteiger charge is -2.16. The van der Waals surface area contributed by atoms with Gasteiger partial charge in [-0.3, -0.25) is 9.59 Å². The quantitative estimate of drug-likeness (QED) is 0.656. The van der Waals surface area contributed by atoms with Crippen LogP contribution in [0.3, 0.4) is 0 Å². The Labute approximate surface area is 89.3 Å². The number of ketones is 2. The van der Waals surface area contributed by atoms with Gasteiger partial charge in [0.25, 0.3) is 0 Å². The van der Waals surface area contributed by atoms with Crippen LogP contribution in [0.1, 0.15) is 47.7 Å². The number of hydrogen-bond acceptors (Lipinski definition) is 2. The lowest BCUT2D eigenvalue weighted by Crippen LogP contribution is -2.19. The molecule has 1 aliphatic rings. The number of fused-ring (bicyclic) bond motifs is 1. The first-order chi connectivity index (χ1) is 7.08. The fourth-order valence-electron chi connectivity index (χ4n) is 1.92. The van der Waals surface area contributed by atoms with E-state index in [0.29, 0.717) is 12.3 Å². The highest BCUT2D eigenvalue weighted by Gasteiger charge is 2.23. The van der Waals surface area contributed by atoms with Crippen molar-refractivity contribution in [3.63, 3.8) is 0 Å². The maximum atomic E-state index is 11.6. The van der Waals surface area contributed by atoms with E-state index in [2.05, 4.69) is 13.8 Å². The van der Waals surface area contributed by atoms with Crippen molar-refractivity contribution in [2.24, 2.45) is 0 Å². The summed E-state index contributed by atoms with van der Waals surface area (Å²) in [6, 6.07) is 5.86. The lowest BCUT2D eigenvalue weighted by molar-refractivity contribution is -0.117. The first-order valence-electron chi connectivity index (χ1n) is 5.25. The van der Waals surface area contributed by atoms with Gasteiger partial charge in [-0.05, 0) is 23.1 Å². The van der Waals surface area contributed by atoms with Gasteiger partial charge in [0, 0.05) is 12.0 Å². The van der Waals surface area contributed by atoms with Gasteiger partial charge in [0.05, 0.1) is 6.42 Å². The molecule has 0 aromatic heterocycles. The van der Waals surface area contributed by atoms with Gasteiger partial charge in [-0.15, -0.1) is 0 Å². The van der Waals surface area contributed by atoms with E-state index >= 15 is 0 Å². The molecular weight excluding hydrogens is 188 g/mol. The molecule has 78 valence electrons. The molecule has 0 amide bonds. The molecule has 0 unspecified atom stereocenters. The van der Waals surface area contributed by atoms with Crippen molar-refractivity contribution >= 4 is 11.6 Å². The van der Waals surface area contributed by atoms with Crippen molar-refractivity contribution in [1.82, 2.24) is 0 Å². The summed E-state index contributed by atoms with van der Waals surface area (Å²) < 4.78 is 0. The SMILES string of the molecule is CC(C)c1ccc2c(c1)C(=O)CC(=O)C2. The third kappa shape index (κ3) is 1.84. The van der Waals surface area contributed by atoms with Crippen molar-refractivity contribution in [2.45, 2.75) is 32.6 Å². The third-order valence-corrected chi connectivity index (χ3v) is 2.85. The predicted molar refractivity (Wildman–Crippen MR) is 58.2 cm³/mol. The molecule has 0 heterocycles. The number of rotatable bonds is 1. The van der Waals surface area contributed by atoms with Gasteiger partial charge in [-0.25, -0.2) is 0 Å². The number of carbonyl (C=O) groups excluding carboxylic acids is 2. The number of Topliss-reactive ketones (excluding diaryl/α,β-unsaturated/α-hetero) is 2. The zero-order valence-corrected chi connectivity index (χ0v) is 9.04. The minimum atomic E-state index is -0.0243. The van der Waals surface area contributed by atoms with Crippen LogP contribution in [0.15, 0.2) is 18.2 Å². The molecule has 1 aliphatic carbocycles. The molecular formula is C13H14O2. The van der Waals surface area contributed by atoms with E-state index in [0.717, 1.165) is 16.7 Å². The molecule has 2 rings (SSSR count). The van der Waals surface area contributed by atoms with Gasteiger partial charge in [-0.2, -0.15) is 0 Å². The van der Waals surface area contributed by atoms with Gasteiger partial charge >= 0.3 is 0 Å². The largest absolute Gasteiger partial charge is 0.299 e. The Morgan fingerprint density at radius 3 is 2.53 bits per heavy atom. The van der Waals surface area contributed by atoms with Gasteiger partial charge in [0.2, 0.25) is 0 Å². The van der Waals surface area contributed by atoms with Crippen LogP contribution in [0, 0.1) is 0 Å². The molecule has 0 radical (unpaired) electrons. The fraction of sp³-hybridized carbons (Fsp3) is 0.385. The van der Waals surface area contributed by atoms with Crippen molar-refractivity contribution in [3.8, 4) is 0 Å². The monoisotopic (exact) mass is 202 g/mol. The topological polar surface area (TPSA) is 34.1 Å². The van der Waals surface area contributed by atoms with Gasteiger partial charge in [-0.1, -0.05) is 26.0 Å². The van der Waals surface area contributed by atoms with Crippen LogP contribution in [-0.4, -0.2) is 11.6 Å². The van der Waals surface area contributed by atoms with Gasteiger partial charge in [0.1, 0.15) is 5.78 Å². The van der Waals surface area contributed by atoms with Gasteiger partial charge in [0.15, 0.2) is 5.78 Å². The molecule has 0 saturated carbocycles. The second-order valence-corrected chi connectivity index (χ2v) is 4.39. The molecule has 0 saturated heterocycles. The van der Waals surface area contributed by atoms with Crippen LogP contribution in [-0.2, 0) is 11.2 Å². The molecule has 0 aliphatic heterocycles. The van der Waals surface area contributed by atoms with Crippen molar-refractivity contribution < 1.29 is 9.59 Å². The Balaban J connectivity index is 2.48. The van der Waals surface area contributed by atoms with E-state index in [-0.39, 0.29) is 18.0 Å². The Kier molecular flexibility index (Phi) is 2.43. The Bertz CT molecular complexity index is 430. The van der Waals surface area contributed by atoms with E-state index in [1.807, 2.05) is 18.2 Å². The summed E-state index contributed by atoms with van der Waals surface area (Å²) in [5.41, 5.74) is 2.80. The summed E-state index contributed by atoms with van der Waals surface area (Å²) in [5.74, 6) is 0.425. The molecule has 2 nitrogen and oxygen atoms in total. The maximum Gasteiger partial charge on any atom is 0.170 e. The lowest BCUT2D eigenvalue weighted by atomic mass is 9.87. The van der Waals surface area contributed by atoms with Crippen LogP contribution in [0.2, 0.25) is 0 Å². The molecule has 1 aromatic rings. The Hall–Kier alpha value is -1.44. The highest BCUT2D eigenvalue weighted by Crippen LogP contribution is 2.24. The van der Waals surface area contributed by atoms with Crippen LogP contribution < -0.4 is 0 Å². The number of benzene rings is 1. The van der Waals surface area contributed by atoms with Crippen molar-refractivity contribution in [2.75, 3.05) is 0 Å². The summed E-state index contributed by atoms with van der Waals surface area (Å²) in [7, 11) is 0. The fourth-order valence-corrected chi connectivity index (χ4v) is 1.92. The minimum Gasteiger partial charge on any atom is -0.299 e. The average molecular weight is 202 g/mol. The highest BCUT2D eigenvalue weighted by atomic mass is 16.1. The highest BCUT2D eigenvalue weighted by molar-refractivity contribution is 6.12. The average Bonchev–Trinajstić information content (AvgIpc) is 2.16. The van der Waals surface area contributed by atoms with Crippen LogP contribution in [0.25, 0.3) is 0 Å². The zero-order chi connectivity index (χ0) is 11.0. The standard InChI is InChI=1S/C13H14O2/c1-8(2)9-3-4-10-5-11(14)7-13(15)12(10)6-9/h3-4,6,8H,5,7H2,1-2H3. The van der Waals surface area contributed by atoms with E-state index in [1.165, 1.54) is 0 Å². The Morgan fingerprint density at radius 2 is 1.87 bits per heavy atom. The normalized spacial score (nSPS) is 15.7. The molecule has 1 aromatic carbocycles. The summed E-state index contributed by atoms with van der Waals surface area (Å²) >= 11 is 0. The Morgan fingerprint density at radius 1 is 1.13 bits per heavy atom. The van der Waals surface area contributed by atoms with Crippen LogP contribution >= 0.6 is 0 Å². The second-order valence-electron chi connectivity index (χ2n) is 4.39. The maximum absolute atomic E-state index is 11.6. The molecule has 2 heteroatoms. The van der Waals surface area contributed by atoms with E-state index in [4.69, 9.17) is 0 Å². The molecule has 0 bridgehead atoms. The number of carbonyl (C=O) groups is 2. The summed E-state index contributed by atoms with van der Waals surface area (Å²) in [6.45, 7) is 4.19. The van der Waals surface area contributed by atoms with E-state index < -0.39 is 0 Å². The first kappa shape index (κ1) is 10.1. The van der Waals surface area contributed by atoms with Gasteiger partial charge < -0.3 is 0 Å². The first-order valence-corrected chi connectivity index (χ1v) is 5.25. The van der Waals surface area contributed by atoms with E-state index in [1.54, 1.807) is 0 Å². The molecule has 0 atom stereocenters. The summed E-state index contributed by atoms with van der Waals surface area (Å²) in [5, 5.41) is 0. The third-order valence-electron chi connectivity index (χ3n) is 2.85. The predicted octanol–water partition coefficient (Wildman–Crippen LogP) is 2.51. The molecule has 0 spiro atoms. The number of hydrogen-bond donors (Lipinski definition) is 0.